The summed E-state index contributed by atoms with van der Waals surface area (Å²) in [4.78, 5) is 46.2. The molecule has 0 spiro atoms. The highest BCUT2D eigenvalue weighted by Gasteiger charge is 2.50. The molecule has 23 rings (SSSR count). The molecule has 0 fully saturated rings. The van der Waals surface area contributed by atoms with E-state index >= 15 is 0 Å². The number of nitrogens with zero attached hydrogens (tertiary/aromatic N) is 12. The predicted octanol–water partition coefficient (Wildman–Crippen LogP) is 23.2. The van der Waals surface area contributed by atoms with Crippen LogP contribution in [-0.2, 0) is 0 Å². The van der Waals surface area contributed by atoms with E-state index in [9.17, 15) is 0 Å². The van der Waals surface area contributed by atoms with Gasteiger partial charge in [-0.05, 0) is 209 Å². The fraction of sp³-hybridized carbons (Fsp3) is 0. The van der Waals surface area contributed by atoms with Crippen molar-refractivity contribution in [1.82, 2.24) is 29.9 Å². The number of para-hydroxylation sites is 10. The Labute approximate surface area is 708 Å². The third kappa shape index (κ3) is 11.9. The van der Waals surface area contributed by atoms with E-state index in [4.69, 9.17) is 29.9 Å². The van der Waals surface area contributed by atoms with Gasteiger partial charge in [0.25, 0.3) is 13.4 Å². The van der Waals surface area contributed by atoms with Gasteiger partial charge in [0.05, 0.1) is 74.0 Å². The van der Waals surface area contributed by atoms with Crippen LogP contribution < -0.4 is 62.2 Å². The first kappa shape index (κ1) is 71.0. The number of rotatable bonds is 16. The number of hydrogen-bond donors (Lipinski definition) is 0. The number of aromatic nitrogens is 6. The molecule has 14 heteroatoms. The van der Waals surface area contributed by atoms with Crippen LogP contribution in [0.4, 0.5) is 102 Å². The maximum absolute atomic E-state index is 5.34. The highest BCUT2D eigenvalue weighted by atomic mass is 15.2. The van der Waals surface area contributed by atoms with Crippen LogP contribution in [0.1, 0.15) is 0 Å². The quantitative estimate of drug-likeness (QED) is 0.0862. The lowest BCUT2D eigenvalue weighted by Gasteiger charge is -2.48. The van der Waals surface area contributed by atoms with Gasteiger partial charge < -0.3 is 29.4 Å². The molecular weight excluding hydrogens is 1490 g/mol. The largest absolute Gasteiger partial charge is 0.311 e. The molecule has 0 N–H and O–H groups in total. The Morgan fingerprint density at radius 1 is 0.189 bits per heavy atom. The van der Waals surface area contributed by atoms with Gasteiger partial charge >= 0.3 is 0 Å². The first-order valence-electron chi connectivity index (χ1n) is 41.3. The van der Waals surface area contributed by atoms with E-state index in [2.05, 4.69) is 393 Å². The van der Waals surface area contributed by atoms with Crippen LogP contribution in [0.15, 0.2) is 438 Å². The van der Waals surface area contributed by atoms with Gasteiger partial charge in [0.15, 0.2) is 0 Å². The fourth-order valence-corrected chi connectivity index (χ4v) is 19.1. The summed E-state index contributed by atoms with van der Waals surface area (Å²) < 4.78 is 0. The van der Waals surface area contributed by atoms with E-state index in [-0.39, 0.29) is 6.71 Å². The van der Waals surface area contributed by atoms with Crippen LogP contribution in [-0.4, -0.2) is 43.3 Å². The van der Waals surface area contributed by atoms with E-state index in [1.807, 2.05) is 73.6 Å². The summed E-state index contributed by atoms with van der Waals surface area (Å²) in [6.45, 7) is -0.769. The number of benzene rings is 13. The molecule has 19 aromatic rings. The Balaban J connectivity index is 0.881. The summed E-state index contributed by atoms with van der Waals surface area (Å²) in [5.74, 6) is 0. The Kier molecular flexibility index (Phi) is 17.5. The van der Waals surface area contributed by atoms with Crippen LogP contribution in [0.25, 0.3) is 67.5 Å². The first-order valence-corrected chi connectivity index (χ1v) is 41.3. The summed E-state index contributed by atoms with van der Waals surface area (Å²) in [5.41, 5.74) is 35.3. The smallest absolute Gasteiger partial charge is 0.252 e. The van der Waals surface area contributed by atoms with E-state index < -0.39 is 6.71 Å². The van der Waals surface area contributed by atoms with E-state index in [0.29, 0.717) is 0 Å². The van der Waals surface area contributed by atoms with Crippen molar-refractivity contribution in [1.29, 1.82) is 0 Å². The average Bonchev–Trinajstić information content (AvgIpc) is 0.679. The molecule has 0 aliphatic carbocycles. The van der Waals surface area contributed by atoms with Gasteiger partial charge in [-0.15, -0.1) is 0 Å². The second-order valence-electron chi connectivity index (χ2n) is 30.8. The molecule has 0 bridgehead atoms. The second kappa shape index (κ2) is 30.0. The maximum atomic E-state index is 5.34. The van der Waals surface area contributed by atoms with Gasteiger partial charge in [0.1, 0.15) is 0 Å². The van der Waals surface area contributed by atoms with Crippen molar-refractivity contribution in [2.24, 2.45) is 0 Å². The molecule has 13 aromatic carbocycles. The van der Waals surface area contributed by atoms with Crippen molar-refractivity contribution in [2.45, 2.75) is 0 Å². The van der Waals surface area contributed by atoms with Crippen LogP contribution in [0.2, 0.25) is 0 Å². The molecule has 4 aliphatic heterocycles. The third-order valence-electron chi connectivity index (χ3n) is 24.1. The normalized spacial score (nSPS) is 12.5. The molecule has 0 saturated carbocycles. The summed E-state index contributed by atoms with van der Waals surface area (Å²) in [7, 11) is 0. The molecule has 0 amide bonds. The molecular formula is C108H72B2N12. The zero-order valence-corrected chi connectivity index (χ0v) is 66.1. The van der Waals surface area contributed by atoms with Crippen LogP contribution >= 0.6 is 0 Å². The number of fused-ring (bicyclic) bond motifs is 8. The molecule has 0 saturated heterocycles. The Morgan fingerprint density at radius 3 is 0.893 bits per heavy atom. The standard InChI is InChI=1S/C108H72B2N12/c1-4-35-73(36-5-1)117(94-55-16-10-41-78(94)88-49-22-28-61-111-88)76-67-102-106-103(68-76)120(96-57-18-12-43-80(96)90-51-24-30-63-113-90)98-59-20-14-47-84(98)109(106)86-71-87-101(72-100(86)119(102)75-39-8-3-9-40-75)122(108-82(92-53-26-32-65-115-92)45-34-46-83(108)93-54-27-33-66-116-93)105-70-77(118(74-37-6-2-7-38-74)95-56-17-11-42-79(95)89-50-23-29-62-112-89)69-104-107(105)110(87)85-48-15-21-60-99(85)121(104)97-58-19-13-44-81(97)91-52-25-31-64-114-91/h1-72H. The zero-order valence-electron chi connectivity index (χ0n) is 66.1. The van der Waals surface area contributed by atoms with Gasteiger partial charge in [-0.25, -0.2) is 0 Å². The fourth-order valence-electron chi connectivity index (χ4n) is 19.1. The van der Waals surface area contributed by atoms with Gasteiger partial charge in [-0.1, -0.05) is 224 Å². The first-order chi connectivity index (χ1) is 60.6. The molecule has 4 aliphatic rings. The SMILES string of the molecule is c1ccc(N(c2cc3c4c(c2)N(c2ccccc2-c2ccccn2)c2ccccc2B4c2cc4c(cc2N3c2ccccc2)N(c2c(-c3ccccn3)cccc2-c2ccccn2)c2cc(N(c3ccccc3)c3ccccc3-c3ccccn3)cc3c2B4c2ccccc2N3c2ccccc2-c2ccccn2)c2ccccc2-c2ccccn2)cc1. The van der Waals surface area contributed by atoms with Gasteiger partial charge in [-0.2, -0.15) is 0 Å². The van der Waals surface area contributed by atoms with E-state index in [1.165, 1.54) is 0 Å². The lowest BCUT2D eigenvalue weighted by molar-refractivity contribution is 1.20. The van der Waals surface area contributed by atoms with Crippen molar-refractivity contribution < 1.29 is 0 Å². The molecule has 12 nitrogen and oxygen atoms in total. The van der Waals surface area contributed by atoms with Crippen molar-refractivity contribution in [3.63, 3.8) is 0 Å². The summed E-state index contributed by atoms with van der Waals surface area (Å²) >= 11 is 0. The van der Waals surface area contributed by atoms with Gasteiger partial charge in [0, 0.05) is 133 Å². The van der Waals surface area contributed by atoms with Crippen molar-refractivity contribution in [3.05, 3.63) is 438 Å². The number of anilines is 18. The third-order valence-corrected chi connectivity index (χ3v) is 24.1. The van der Waals surface area contributed by atoms with Crippen molar-refractivity contribution in [2.75, 3.05) is 29.4 Å². The van der Waals surface area contributed by atoms with Crippen molar-refractivity contribution >= 4 is 149 Å². The molecule has 0 atom stereocenters. The Bertz CT molecular complexity index is 7130. The minimum atomic E-state index is -0.404. The Hall–Kier alpha value is -16.3. The lowest BCUT2D eigenvalue weighted by atomic mass is 9.30. The van der Waals surface area contributed by atoms with E-state index in [1.54, 1.807) is 0 Å². The second-order valence-corrected chi connectivity index (χ2v) is 30.8. The van der Waals surface area contributed by atoms with Gasteiger partial charge in [0.2, 0.25) is 0 Å². The topological polar surface area (TPSA) is 96.8 Å². The average molecular weight is 1560 g/mol. The molecule has 0 radical (unpaired) electrons. The van der Waals surface area contributed by atoms with Crippen molar-refractivity contribution in [3.8, 4) is 67.5 Å². The summed E-state index contributed by atoms with van der Waals surface area (Å²) in [6.07, 6.45) is 11.4. The van der Waals surface area contributed by atoms with Crippen LogP contribution in [0.3, 0.4) is 0 Å². The molecule has 6 aromatic heterocycles. The van der Waals surface area contributed by atoms with Crippen LogP contribution in [0, 0.1) is 0 Å². The molecule has 570 valence electrons. The highest BCUT2D eigenvalue weighted by Crippen LogP contribution is 2.57. The van der Waals surface area contributed by atoms with Crippen LogP contribution in [0.5, 0.6) is 0 Å². The van der Waals surface area contributed by atoms with Gasteiger partial charge in [-0.3, -0.25) is 29.9 Å². The number of hydrogen-bond acceptors (Lipinski definition) is 12. The molecule has 10 heterocycles. The minimum absolute atomic E-state index is 0.365. The molecule has 0 unspecified atom stereocenters. The minimum Gasteiger partial charge on any atom is -0.311 e. The molecule has 122 heavy (non-hydrogen) atoms. The Morgan fingerprint density at radius 2 is 0.492 bits per heavy atom. The monoisotopic (exact) mass is 1560 g/mol. The van der Waals surface area contributed by atoms with E-state index in [0.717, 1.165) is 203 Å². The predicted molar refractivity (Wildman–Crippen MR) is 503 cm³/mol. The maximum Gasteiger partial charge on any atom is 0.252 e. The summed E-state index contributed by atoms with van der Waals surface area (Å²) in [5, 5.41) is 0. The number of pyridine rings is 6. The summed E-state index contributed by atoms with van der Waals surface area (Å²) in [6, 6.07) is 145. The zero-order chi connectivity index (χ0) is 80.6. The highest BCUT2D eigenvalue weighted by molar-refractivity contribution is 7.03. The lowest BCUT2D eigenvalue weighted by Crippen LogP contribution is -2.65.